The monoisotopic (exact) mass is 434 g/mol. The number of aliphatic hydroxyl groups excluding tert-OH is 2. The van der Waals surface area contributed by atoms with Crippen LogP contribution in [0, 0.1) is 34.5 Å². The molecule has 2 unspecified atom stereocenters. The van der Waals surface area contributed by atoms with E-state index >= 15 is 0 Å². The van der Waals surface area contributed by atoms with Crippen LogP contribution in [0.2, 0.25) is 0 Å². The Hall–Kier alpha value is -1.02. The Morgan fingerprint density at radius 2 is 2.00 bits per heavy atom. The van der Waals surface area contributed by atoms with Gasteiger partial charge in [0.2, 0.25) is 0 Å². The normalized spacial score (nSPS) is 47.0. The Balaban J connectivity index is 1.57. The van der Waals surface area contributed by atoms with Gasteiger partial charge in [0.05, 0.1) is 11.0 Å². The van der Waals surface area contributed by atoms with Gasteiger partial charge >= 0.3 is 0 Å². The van der Waals surface area contributed by atoms with Crippen molar-refractivity contribution in [1.82, 2.24) is 0 Å². The van der Waals surface area contributed by atoms with Crippen LogP contribution in [-0.2, 0) is 19.1 Å². The molecule has 8 atom stereocenters. The first-order valence-electron chi connectivity index (χ1n) is 11.2. The summed E-state index contributed by atoms with van der Waals surface area (Å²) in [5.41, 5.74) is 0.304. The highest BCUT2D eigenvalue weighted by atomic mass is 32.2. The van der Waals surface area contributed by atoms with Crippen molar-refractivity contribution in [3.05, 3.63) is 10.5 Å². The van der Waals surface area contributed by atoms with E-state index in [1.54, 1.807) is 0 Å². The summed E-state index contributed by atoms with van der Waals surface area (Å²) in [6.07, 6.45) is 3.93. The van der Waals surface area contributed by atoms with Gasteiger partial charge in [0.15, 0.2) is 23.0 Å². The Kier molecular flexibility index (Phi) is 4.86. The average molecular weight is 435 g/mol. The fraction of sp³-hybridized carbons (Fsp3) is 0.783. The molecule has 1 saturated heterocycles. The number of fused-ring (bicyclic) bond motifs is 6. The SMILES string of the molecule is CC(=O)SC1=C2CC[C@H]3[C@@H]4CC[C@H](C(=O)CO)[C@@]45CC(OC5O)[C@@H]3[C@@]2(C)CCC1=O. The first-order chi connectivity index (χ1) is 14.2. The van der Waals surface area contributed by atoms with Gasteiger partial charge in [0, 0.05) is 24.7 Å². The maximum Gasteiger partial charge on any atom is 0.190 e. The molecule has 1 spiro atoms. The number of aliphatic hydroxyl groups is 2. The van der Waals surface area contributed by atoms with Crippen LogP contribution < -0.4 is 0 Å². The van der Waals surface area contributed by atoms with Crippen molar-refractivity contribution in [1.29, 1.82) is 0 Å². The van der Waals surface area contributed by atoms with Crippen molar-refractivity contribution >= 4 is 28.4 Å². The molecule has 7 heteroatoms. The zero-order valence-corrected chi connectivity index (χ0v) is 18.4. The highest BCUT2D eigenvalue weighted by Crippen LogP contribution is 2.71. The molecular formula is C23H30O6S. The third kappa shape index (κ3) is 2.58. The van der Waals surface area contributed by atoms with Gasteiger partial charge in [-0.2, -0.15) is 0 Å². The Labute approximate surface area is 180 Å². The number of ketones is 2. The molecule has 2 bridgehead atoms. The number of Topliss-reactive ketones (excluding diaryl/α,β-unsaturated/α-hetero) is 2. The number of allylic oxidation sites excluding steroid dienone is 1. The zero-order valence-electron chi connectivity index (χ0n) is 17.6. The highest BCUT2D eigenvalue weighted by molar-refractivity contribution is 8.17. The fourth-order valence-electron chi connectivity index (χ4n) is 8.17. The lowest BCUT2D eigenvalue weighted by atomic mass is 9.46. The fourth-order valence-corrected chi connectivity index (χ4v) is 9.13. The summed E-state index contributed by atoms with van der Waals surface area (Å²) in [5.74, 6) is 0.253. The number of rotatable bonds is 3. The van der Waals surface area contributed by atoms with Crippen LogP contribution >= 0.6 is 11.8 Å². The maximum absolute atomic E-state index is 12.7. The lowest BCUT2D eigenvalue weighted by Gasteiger charge is -2.57. The molecule has 4 aliphatic carbocycles. The summed E-state index contributed by atoms with van der Waals surface area (Å²) in [5, 5.41) is 20.5. The smallest absolute Gasteiger partial charge is 0.190 e. The lowest BCUT2D eigenvalue weighted by molar-refractivity contribution is -0.160. The molecule has 5 aliphatic rings. The standard InChI is InChI=1S/C23H30O6S/c1-11(25)30-20-15-4-3-12-13-5-6-14(17(27)10-24)23(13)9-18(29-21(23)28)19(12)22(15,2)8-7-16(20)26/h12-14,18-19,21,24,28H,3-10H2,1-2H3/t12-,13-,14+,18?,19+,21?,22-,23+/m0/s1. The molecule has 30 heavy (non-hydrogen) atoms. The first kappa shape index (κ1) is 20.9. The number of ether oxygens (including phenoxy) is 1. The quantitative estimate of drug-likeness (QED) is 0.704. The van der Waals surface area contributed by atoms with E-state index in [0.717, 1.165) is 43.0 Å². The molecule has 4 fully saturated rings. The van der Waals surface area contributed by atoms with Gasteiger partial charge in [0.1, 0.15) is 6.61 Å². The predicted molar refractivity (Wildman–Crippen MR) is 110 cm³/mol. The van der Waals surface area contributed by atoms with Crippen molar-refractivity contribution < 1.29 is 29.3 Å². The summed E-state index contributed by atoms with van der Waals surface area (Å²) in [7, 11) is 0. The molecule has 0 radical (unpaired) electrons. The molecule has 2 N–H and O–H groups in total. The van der Waals surface area contributed by atoms with E-state index in [9.17, 15) is 24.6 Å². The number of carbonyl (C=O) groups is 3. The molecule has 3 saturated carbocycles. The first-order valence-corrected chi connectivity index (χ1v) is 12.0. The van der Waals surface area contributed by atoms with E-state index in [4.69, 9.17) is 4.74 Å². The Morgan fingerprint density at radius 1 is 1.23 bits per heavy atom. The molecule has 5 rings (SSSR count). The minimum Gasteiger partial charge on any atom is -0.389 e. The van der Waals surface area contributed by atoms with Crippen LogP contribution in [0.5, 0.6) is 0 Å². The van der Waals surface area contributed by atoms with Crippen molar-refractivity contribution in [2.75, 3.05) is 6.61 Å². The van der Waals surface area contributed by atoms with Crippen molar-refractivity contribution in [3.8, 4) is 0 Å². The van der Waals surface area contributed by atoms with Crippen LogP contribution in [-0.4, -0.2) is 45.9 Å². The van der Waals surface area contributed by atoms with Gasteiger partial charge in [-0.1, -0.05) is 6.92 Å². The van der Waals surface area contributed by atoms with Gasteiger partial charge in [-0.25, -0.2) is 0 Å². The molecule has 0 amide bonds. The van der Waals surface area contributed by atoms with Crippen LogP contribution in [0.4, 0.5) is 0 Å². The summed E-state index contributed by atoms with van der Waals surface area (Å²) in [4.78, 5) is 37.7. The minimum absolute atomic E-state index is 0.0615. The second-order valence-electron chi connectivity index (χ2n) is 10.2. The molecule has 0 aromatic carbocycles. The van der Waals surface area contributed by atoms with Gasteiger partial charge in [0.25, 0.3) is 0 Å². The van der Waals surface area contributed by atoms with Gasteiger partial charge in [-0.15, -0.1) is 0 Å². The maximum atomic E-state index is 12.7. The van der Waals surface area contributed by atoms with Gasteiger partial charge in [-0.05, 0) is 79.0 Å². The van der Waals surface area contributed by atoms with Crippen molar-refractivity contribution in [2.45, 2.75) is 71.2 Å². The van der Waals surface area contributed by atoms with Crippen LogP contribution in [0.15, 0.2) is 10.5 Å². The third-order valence-corrected chi connectivity index (χ3v) is 10.1. The van der Waals surface area contributed by atoms with Gasteiger partial charge in [-0.3, -0.25) is 14.4 Å². The van der Waals surface area contributed by atoms with Crippen molar-refractivity contribution in [2.24, 2.45) is 34.5 Å². The topological polar surface area (TPSA) is 101 Å². The molecule has 164 valence electrons. The number of hydrogen-bond acceptors (Lipinski definition) is 7. The lowest BCUT2D eigenvalue weighted by Crippen LogP contribution is -2.56. The highest BCUT2D eigenvalue weighted by Gasteiger charge is 2.71. The summed E-state index contributed by atoms with van der Waals surface area (Å²) >= 11 is 1.08. The van der Waals surface area contributed by atoms with Crippen molar-refractivity contribution in [3.63, 3.8) is 0 Å². The number of hydrogen-bond donors (Lipinski definition) is 2. The van der Waals surface area contributed by atoms with E-state index in [1.165, 1.54) is 6.92 Å². The summed E-state index contributed by atoms with van der Waals surface area (Å²) in [6.45, 7) is 3.24. The summed E-state index contributed by atoms with van der Waals surface area (Å²) in [6, 6.07) is 0. The zero-order chi connectivity index (χ0) is 21.4. The van der Waals surface area contributed by atoms with Gasteiger partial charge < -0.3 is 14.9 Å². The molecule has 6 nitrogen and oxygen atoms in total. The predicted octanol–water partition coefficient (Wildman–Crippen LogP) is 2.61. The third-order valence-electron chi connectivity index (χ3n) is 9.14. The van der Waals surface area contributed by atoms with E-state index in [1.807, 2.05) is 0 Å². The molecule has 0 aromatic heterocycles. The minimum atomic E-state index is -0.978. The van der Waals surface area contributed by atoms with E-state index in [0.29, 0.717) is 30.1 Å². The number of carbonyl (C=O) groups excluding carboxylic acids is 3. The second kappa shape index (κ2) is 6.99. The van der Waals surface area contributed by atoms with Crippen LogP contribution in [0.25, 0.3) is 0 Å². The summed E-state index contributed by atoms with van der Waals surface area (Å²) < 4.78 is 6.18. The molecule has 1 aliphatic heterocycles. The largest absolute Gasteiger partial charge is 0.389 e. The molecule has 1 heterocycles. The second-order valence-corrected chi connectivity index (χ2v) is 11.4. The van der Waals surface area contributed by atoms with E-state index < -0.39 is 18.3 Å². The van der Waals surface area contributed by atoms with Crippen LogP contribution in [0.1, 0.15) is 58.8 Å². The Morgan fingerprint density at radius 3 is 2.70 bits per heavy atom. The average Bonchev–Trinajstić information content (AvgIpc) is 3.22. The molecular weight excluding hydrogens is 404 g/mol. The van der Waals surface area contributed by atoms with E-state index in [-0.39, 0.29) is 46.0 Å². The van der Waals surface area contributed by atoms with Crippen LogP contribution in [0.3, 0.4) is 0 Å². The Bertz CT molecular complexity index is 851. The number of thioether (sulfide) groups is 1. The molecule has 0 aromatic rings. The van der Waals surface area contributed by atoms with E-state index in [2.05, 4.69) is 6.92 Å².